The molecule has 0 bridgehead atoms. The Morgan fingerprint density at radius 1 is 0.970 bits per heavy atom. The van der Waals surface area contributed by atoms with Gasteiger partial charge in [-0.2, -0.15) is 5.10 Å². The molecule has 0 heterocycles. The fraction of sp³-hybridized carbons (Fsp3) is 0.125. The summed E-state index contributed by atoms with van der Waals surface area (Å²) in [6.07, 6.45) is 1.43. The first-order valence-corrected chi connectivity index (χ1v) is 10.5. The average Bonchev–Trinajstić information content (AvgIpc) is 2.81. The van der Waals surface area contributed by atoms with Crippen LogP contribution in [0, 0.1) is 6.92 Å². The van der Waals surface area contributed by atoms with Crippen LogP contribution in [-0.2, 0) is 4.79 Å². The Hall–Kier alpha value is -3.55. The van der Waals surface area contributed by atoms with E-state index >= 15 is 0 Å². The van der Waals surface area contributed by atoms with Crippen LogP contribution in [0.5, 0.6) is 17.2 Å². The highest BCUT2D eigenvalue weighted by atomic mass is 35.5. The van der Waals surface area contributed by atoms with E-state index in [-0.39, 0.29) is 22.9 Å². The van der Waals surface area contributed by atoms with Gasteiger partial charge in [-0.15, -0.1) is 0 Å². The van der Waals surface area contributed by atoms with E-state index in [1.165, 1.54) is 31.5 Å². The van der Waals surface area contributed by atoms with Gasteiger partial charge in [0.1, 0.15) is 5.75 Å². The van der Waals surface area contributed by atoms with E-state index in [4.69, 9.17) is 37.4 Å². The van der Waals surface area contributed by atoms with Crippen LogP contribution >= 0.6 is 23.2 Å². The van der Waals surface area contributed by atoms with Gasteiger partial charge in [-0.25, -0.2) is 10.2 Å². The van der Waals surface area contributed by atoms with Crippen LogP contribution in [0.15, 0.2) is 65.8 Å². The topological polar surface area (TPSA) is 86.2 Å². The number of amides is 1. The summed E-state index contributed by atoms with van der Waals surface area (Å²) in [6.45, 7) is 1.72. The number of aryl methyl sites for hydroxylation is 1. The number of nitrogens with one attached hydrogen (secondary N) is 1. The van der Waals surface area contributed by atoms with Gasteiger partial charge in [-0.3, -0.25) is 4.79 Å². The van der Waals surface area contributed by atoms with Gasteiger partial charge in [0, 0.05) is 0 Å². The summed E-state index contributed by atoms with van der Waals surface area (Å²) < 4.78 is 16.2. The lowest BCUT2D eigenvalue weighted by molar-refractivity contribution is -0.123. The maximum absolute atomic E-state index is 12.4. The fourth-order valence-electron chi connectivity index (χ4n) is 2.70. The van der Waals surface area contributed by atoms with Crippen molar-refractivity contribution in [3.8, 4) is 17.2 Å². The van der Waals surface area contributed by atoms with Crippen LogP contribution in [0.1, 0.15) is 21.5 Å². The number of nitrogens with zero attached hydrogens (tertiary/aromatic N) is 1. The minimum Gasteiger partial charge on any atom is -0.493 e. The first-order chi connectivity index (χ1) is 15.9. The number of ether oxygens (including phenoxy) is 3. The van der Waals surface area contributed by atoms with E-state index in [9.17, 15) is 9.59 Å². The maximum atomic E-state index is 12.4. The smallest absolute Gasteiger partial charge is 0.343 e. The number of carbonyl (C=O) groups excluding carboxylic acids is 2. The molecule has 0 spiro atoms. The van der Waals surface area contributed by atoms with Gasteiger partial charge in [0.15, 0.2) is 18.1 Å². The third kappa shape index (κ3) is 6.71. The number of hydrogen-bond acceptors (Lipinski definition) is 6. The number of methoxy groups -OCH3 is 1. The van der Waals surface area contributed by atoms with Crippen molar-refractivity contribution in [2.45, 2.75) is 6.92 Å². The monoisotopic (exact) mass is 486 g/mol. The van der Waals surface area contributed by atoms with Gasteiger partial charge in [-0.1, -0.05) is 41.4 Å². The van der Waals surface area contributed by atoms with Crippen molar-refractivity contribution >= 4 is 41.3 Å². The molecule has 0 unspecified atom stereocenters. The van der Waals surface area contributed by atoms with Gasteiger partial charge in [0.05, 0.1) is 28.9 Å². The molecule has 0 aliphatic carbocycles. The third-order valence-electron chi connectivity index (χ3n) is 4.40. The number of rotatable bonds is 8. The molecule has 170 valence electrons. The van der Waals surface area contributed by atoms with Crippen LogP contribution in [-0.4, -0.2) is 31.8 Å². The lowest BCUT2D eigenvalue weighted by Crippen LogP contribution is -2.24. The van der Waals surface area contributed by atoms with E-state index in [0.717, 1.165) is 5.56 Å². The molecule has 0 atom stereocenters. The van der Waals surface area contributed by atoms with Crippen LogP contribution in [0.25, 0.3) is 0 Å². The SMILES string of the molecule is COc1cc(C=NNC(=O)COc2ccccc2C)ccc1OC(=O)c1ccc(Cl)c(Cl)c1. The standard InChI is InChI=1S/C24H20Cl2N2O5/c1-15-5-3-4-6-20(15)32-14-23(29)28-27-13-16-7-10-21(22(11-16)31-2)33-24(30)17-8-9-18(25)19(26)12-17/h3-13H,14H2,1-2H3,(H,28,29). The van der Waals surface area contributed by atoms with Crippen molar-refractivity contribution in [2.75, 3.05) is 13.7 Å². The zero-order valence-electron chi connectivity index (χ0n) is 17.8. The van der Waals surface area contributed by atoms with Gasteiger partial charge < -0.3 is 14.2 Å². The minimum absolute atomic E-state index is 0.172. The summed E-state index contributed by atoms with van der Waals surface area (Å²) in [4.78, 5) is 24.3. The first kappa shape index (κ1) is 24.1. The maximum Gasteiger partial charge on any atom is 0.343 e. The van der Waals surface area contributed by atoms with Crippen molar-refractivity contribution < 1.29 is 23.8 Å². The Balaban J connectivity index is 1.59. The number of benzene rings is 3. The van der Waals surface area contributed by atoms with Crippen LogP contribution in [0.4, 0.5) is 0 Å². The molecule has 0 radical (unpaired) electrons. The molecule has 0 aliphatic heterocycles. The molecule has 0 aromatic heterocycles. The zero-order valence-corrected chi connectivity index (χ0v) is 19.3. The van der Waals surface area contributed by atoms with Gasteiger partial charge in [0.2, 0.25) is 0 Å². The van der Waals surface area contributed by atoms with E-state index in [1.807, 2.05) is 25.1 Å². The van der Waals surface area contributed by atoms with Gasteiger partial charge in [0.25, 0.3) is 5.91 Å². The Labute approximate surface area is 200 Å². The summed E-state index contributed by atoms with van der Waals surface area (Å²) in [5.74, 6) is 0.123. The van der Waals surface area contributed by atoms with E-state index in [1.54, 1.807) is 24.3 Å². The van der Waals surface area contributed by atoms with Crippen molar-refractivity contribution in [3.63, 3.8) is 0 Å². The lowest BCUT2D eigenvalue weighted by atomic mass is 10.2. The van der Waals surface area contributed by atoms with Gasteiger partial charge in [-0.05, 0) is 60.5 Å². The summed E-state index contributed by atoms with van der Waals surface area (Å²) in [6, 6.07) is 16.7. The second-order valence-corrected chi connectivity index (χ2v) is 7.59. The summed E-state index contributed by atoms with van der Waals surface area (Å²) in [5.41, 5.74) is 4.18. The van der Waals surface area contributed by atoms with E-state index in [0.29, 0.717) is 22.1 Å². The molecule has 3 aromatic rings. The molecular weight excluding hydrogens is 467 g/mol. The van der Waals surface area contributed by atoms with Crippen molar-refractivity contribution in [2.24, 2.45) is 5.10 Å². The van der Waals surface area contributed by atoms with Crippen molar-refractivity contribution in [3.05, 3.63) is 87.4 Å². The molecular formula is C24H20Cl2N2O5. The fourth-order valence-corrected chi connectivity index (χ4v) is 3.00. The molecule has 0 aliphatic rings. The molecule has 9 heteroatoms. The number of hydrogen-bond donors (Lipinski definition) is 1. The van der Waals surface area contributed by atoms with Crippen molar-refractivity contribution in [1.82, 2.24) is 5.43 Å². The molecule has 33 heavy (non-hydrogen) atoms. The van der Waals surface area contributed by atoms with Crippen LogP contribution < -0.4 is 19.6 Å². The third-order valence-corrected chi connectivity index (χ3v) is 5.14. The quantitative estimate of drug-likeness (QED) is 0.208. The first-order valence-electron chi connectivity index (χ1n) is 9.73. The largest absolute Gasteiger partial charge is 0.493 e. The highest BCUT2D eigenvalue weighted by Gasteiger charge is 2.14. The predicted molar refractivity (Wildman–Crippen MR) is 127 cm³/mol. The normalized spacial score (nSPS) is 10.7. The molecule has 1 N–H and O–H groups in total. The van der Waals surface area contributed by atoms with E-state index < -0.39 is 11.9 Å². The second kappa shape index (κ2) is 11.4. The molecule has 3 aromatic carbocycles. The number of esters is 1. The Morgan fingerprint density at radius 2 is 1.76 bits per heavy atom. The van der Waals surface area contributed by atoms with Crippen molar-refractivity contribution in [1.29, 1.82) is 0 Å². The van der Waals surface area contributed by atoms with Gasteiger partial charge >= 0.3 is 5.97 Å². The number of hydrazone groups is 1. The predicted octanol–water partition coefficient (Wildman–Crippen LogP) is 5.06. The Morgan fingerprint density at radius 3 is 2.48 bits per heavy atom. The zero-order chi connectivity index (χ0) is 23.8. The molecule has 7 nitrogen and oxygen atoms in total. The lowest BCUT2D eigenvalue weighted by Gasteiger charge is -2.10. The van der Waals surface area contributed by atoms with E-state index in [2.05, 4.69) is 10.5 Å². The van der Waals surface area contributed by atoms with Crippen LogP contribution in [0.3, 0.4) is 0 Å². The minimum atomic E-state index is -0.616. The Bertz CT molecular complexity index is 1200. The number of halogens is 2. The summed E-state index contributed by atoms with van der Waals surface area (Å²) in [7, 11) is 1.44. The van der Waals surface area contributed by atoms with Crippen LogP contribution in [0.2, 0.25) is 10.0 Å². The molecule has 3 rings (SSSR count). The number of para-hydroxylation sites is 1. The molecule has 0 fully saturated rings. The molecule has 0 saturated carbocycles. The Kier molecular flexibility index (Phi) is 8.29. The average molecular weight is 487 g/mol. The highest BCUT2D eigenvalue weighted by Crippen LogP contribution is 2.29. The highest BCUT2D eigenvalue weighted by molar-refractivity contribution is 6.42. The number of carbonyl (C=O) groups is 2. The second-order valence-electron chi connectivity index (χ2n) is 6.78. The summed E-state index contributed by atoms with van der Waals surface area (Å²) >= 11 is 11.8. The molecule has 1 amide bonds. The molecule has 0 saturated heterocycles. The summed E-state index contributed by atoms with van der Waals surface area (Å²) in [5, 5.41) is 4.50.